The summed E-state index contributed by atoms with van der Waals surface area (Å²) >= 11 is 6.30. The van der Waals surface area contributed by atoms with E-state index in [-0.39, 0.29) is 11.7 Å². The molecule has 5 heteroatoms. The first-order valence-electron chi connectivity index (χ1n) is 9.61. The highest BCUT2D eigenvalue weighted by Crippen LogP contribution is 2.41. The smallest absolute Gasteiger partial charge is 0.247 e. The van der Waals surface area contributed by atoms with E-state index in [0.29, 0.717) is 11.6 Å². The molecule has 0 bridgehead atoms. The summed E-state index contributed by atoms with van der Waals surface area (Å²) in [5.41, 5.74) is 2.59. The third-order valence-corrected chi connectivity index (χ3v) is 6.44. The Morgan fingerprint density at radius 3 is 2.52 bits per heavy atom. The Kier molecular flexibility index (Phi) is 4.87. The highest BCUT2D eigenvalue weighted by molar-refractivity contribution is 6.32. The Hall–Kier alpha value is -2.04. The van der Waals surface area contributed by atoms with Crippen LogP contribution in [-0.4, -0.2) is 34.5 Å². The first-order valence-corrected chi connectivity index (χ1v) is 9.99. The van der Waals surface area contributed by atoms with Gasteiger partial charge in [0.15, 0.2) is 0 Å². The monoisotopic (exact) mass is 384 g/mol. The molecule has 27 heavy (non-hydrogen) atoms. The second kappa shape index (κ2) is 7.17. The topological polar surface area (TPSA) is 43.8 Å². The van der Waals surface area contributed by atoms with Crippen LogP contribution in [0.2, 0.25) is 5.02 Å². The molecule has 1 atom stereocenters. The summed E-state index contributed by atoms with van der Waals surface area (Å²) in [5.74, 6) is 0.296. The molecule has 2 heterocycles. The van der Waals surface area contributed by atoms with Gasteiger partial charge in [-0.2, -0.15) is 0 Å². The molecule has 0 saturated carbocycles. The number of nitrogens with zero attached hydrogens (tertiary/aromatic N) is 2. The first kappa shape index (κ1) is 18.3. The SMILES string of the molecule is Cc1ccc(N2CCCC3(CCCN3Cc3cccc(O)c3Cl)C2=O)cc1. The van der Waals surface area contributed by atoms with Gasteiger partial charge in [-0.05, 0) is 62.9 Å². The summed E-state index contributed by atoms with van der Waals surface area (Å²) in [5, 5.41) is 10.3. The lowest BCUT2D eigenvalue weighted by atomic mass is 9.84. The van der Waals surface area contributed by atoms with Crippen molar-refractivity contribution in [2.45, 2.75) is 44.7 Å². The van der Waals surface area contributed by atoms with Gasteiger partial charge in [0.25, 0.3) is 0 Å². The van der Waals surface area contributed by atoms with Crippen molar-refractivity contribution in [2.24, 2.45) is 0 Å². The lowest BCUT2D eigenvalue weighted by molar-refractivity contribution is -0.131. The number of likely N-dealkylation sites (tertiary alicyclic amines) is 1. The zero-order valence-electron chi connectivity index (χ0n) is 15.6. The number of amides is 1. The van der Waals surface area contributed by atoms with Gasteiger partial charge in [-0.1, -0.05) is 41.4 Å². The molecule has 2 aromatic carbocycles. The van der Waals surface area contributed by atoms with Crippen molar-refractivity contribution in [3.05, 3.63) is 58.6 Å². The average Bonchev–Trinajstić information content (AvgIpc) is 3.05. The van der Waals surface area contributed by atoms with Gasteiger partial charge < -0.3 is 10.0 Å². The van der Waals surface area contributed by atoms with Crippen LogP contribution in [0.4, 0.5) is 5.69 Å². The van der Waals surface area contributed by atoms with E-state index in [1.54, 1.807) is 12.1 Å². The second-order valence-corrected chi connectivity index (χ2v) is 8.08. The van der Waals surface area contributed by atoms with E-state index in [1.165, 1.54) is 5.56 Å². The first-order chi connectivity index (χ1) is 13.0. The Balaban J connectivity index is 1.62. The molecule has 0 radical (unpaired) electrons. The number of aryl methyl sites for hydroxylation is 1. The van der Waals surface area contributed by atoms with Gasteiger partial charge >= 0.3 is 0 Å². The molecule has 2 aliphatic heterocycles. The van der Waals surface area contributed by atoms with Gasteiger partial charge in [-0.15, -0.1) is 0 Å². The van der Waals surface area contributed by atoms with Gasteiger partial charge in [0.1, 0.15) is 11.3 Å². The lowest BCUT2D eigenvalue weighted by Crippen LogP contribution is -2.59. The molecule has 2 aliphatic rings. The maximum absolute atomic E-state index is 13.6. The van der Waals surface area contributed by atoms with E-state index >= 15 is 0 Å². The number of hydrogen-bond acceptors (Lipinski definition) is 3. The predicted molar refractivity (Wildman–Crippen MR) is 108 cm³/mol. The lowest BCUT2D eigenvalue weighted by Gasteiger charge is -2.44. The van der Waals surface area contributed by atoms with E-state index in [9.17, 15) is 9.90 Å². The normalized spacial score (nSPS) is 23.3. The fourth-order valence-electron chi connectivity index (χ4n) is 4.54. The highest BCUT2D eigenvalue weighted by Gasteiger charge is 2.51. The molecule has 142 valence electrons. The molecule has 2 aromatic rings. The third-order valence-electron chi connectivity index (χ3n) is 6.00. The fraction of sp³-hybridized carbons (Fsp3) is 0.409. The third kappa shape index (κ3) is 3.21. The van der Waals surface area contributed by atoms with Crippen LogP contribution in [0.3, 0.4) is 0 Å². The number of carbonyl (C=O) groups is 1. The summed E-state index contributed by atoms with van der Waals surface area (Å²) in [6.07, 6.45) is 3.75. The number of benzene rings is 2. The van der Waals surface area contributed by atoms with Crippen LogP contribution in [0, 0.1) is 6.92 Å². The average molecular weight is 385 g/mol. The molecular formula is C22H25ClN2O2. The van der Waals surface area contributed by atoms with Crippen LogP contribution in [0.15, 0.2) is 42.5 Å². The van der Waals surface area contributed by atoms with Crippen molar-refractivity contribution < 1.29 is 9.90 Å². The maximum Gasteiger partial charge on any atom is 0.247 e. The van der Waals surface area contributed by atoms with Crippen LogP contribution < -0.4 is 4.90 Å². The summed E-state index contributed by atoms with van der Waals surface area (Å²) in [6, 6.07) is 13.5. The van der Waals surface area contributed by atoms with Crippen molar-refractivity contribution in [3.8, 4) is 5.75 Å². The number of halogens is 1. The maximum atomic E-state index is 13.6. The van der Waals surface area contributed by atoms with Crippen molar-refractivity contribution >= 4 is 23.2 Å². The zero-order valence-corrected chi connectivity index (χ0v) is 16.4. The summed E-state index contributed by atoms with van der Waals surface area (Å²) in [7, 11) is 0. The summed E-state index contributed by atoms with van der Waals surface area (Å²) in [6.45, 7) is 4.28. The van der Waals surface area contributed by atoms with E-state index in [4.69, 9.17) is 11.6 Å². The van der Waals surface area contributed by atoms with E-state index in [2.05, 4.69) is 24.0 Å². The standard InChI is InChI=1S/C22H25ClN2O2/c1-16-7-9-18(10-8-16)25-14-4-12-22(21(25)27)11-3-13-24(22)15-17-5-2-6-19(26)20(17)23/h2,5-10,26H,3-4,11-15H2,1H3. The number of rotatable bonds is 3. The highest BCUT2D eigenvalue weighted by atomic mass is 35.5. The molecule has 4 nitrogen and oxygen atoms in total. The molecule has 2 fully saturated rings. The number of phenolic OH excluding ortho intramolecular Hbond substituents is 1. The number of aromatic hydroxyl groups is 1. The molecule has 2 saturated heterocycles. The molecule has 1 N–H and O–H groups in total. The van der Waals surface area contributed by atoms with Crippen LogP contribution in [0.5, 0.6) is 5.75 Å². The van der Waals surface area contributed by atoms with Crippen LogP contribution >= 0.6 is 11.6 Å². The minimum atomic E-state index is -0.460. The molecule has 1 amide bonds. The van der Waals surface area contributed by atoms with Gasteiger partial charge in [-0.3, -0.25) is 9.69 Å². The number of hydrogen-bond donors (Lipinski definition) is 1. The van der Waals surface area contributed by atoms with Crippen molar-refractivity contribution in [1.82, 2.24) is 4.90 Å². The summed E-state index contributed by atoms with van der Waals surface area (Å²) in [4.78, 5) is 17.8. The van der Waals surface area contributed by atoms with E-state index in [1.807, 2.05) is 23.1 Å². The Morgan fingerprint density at radius 1 is 1.07 bits per heavy atom. The number of anilines is 1. The molecule has 0 aliphatic carbocycles. The van der Waals surface area contributed by atoms with E-state index < -0.39 is 5.54 Å². The van der Waals surface area contributed by atoms with Crippen molar-refractivity contribution in [1.29, 1.82) is 0 Å². The minimum absolute atomic E-state index is 0.0960. The second-order valence-electron chi connectivity index (χ2n) is 7.70. The van der Waals surface area contributed by atoms with Gasteiger partial charge in [0.2, 0.25) is 5.91 Å². The molecule has 1 spiro atoms. The largest absolute Gasteiger partial charge is 0.506 e. The molecule has 0 aromatic heterocycles. The zero-order chi connectivity index (χ0) is 19.0. The Bertz CT molecular complexity index is 852. The van der Waals surface area contributed by atoms with Crippen molar-refractivity contribution in [2.75, 3.05) is 18.0 Å². The van der Waals surface area contributed by atoms with Crippen LogP contribution in [0.25, 0.3) is 0 Å². The van der Waals surface area contributed by atoms with Crippen LogP contribution in [0.1, 0.15) is 36.8 Å². The Morgan fingerprint density at radius 2 is 1.78 bits per heavy atom. The minimum Gasteiger partial charge on any atom is -0.506 e. The fourth-order valence-corrected chi connectivity index (χ4v) is 4.73. The number of phenols is 1. The van der Waals surface area contributed by atoms with E-state index in [0.717, 1.165) is 50.0 Å². The molecule has 1 unspecified atom stereocenters. The number of carbonyl (C=O) groups excluding carboxylic acids is 1. The quantitative estimate of drug-likeness (QED) is 0.846. The predicted octanol–water partition coefficient (Wildman–Crippen LogP) is 4.52. The molecular weight excluding hydrogens is 360 g/mol. The van der Waals surface area contributed by atoms with Crippen molar-refractivity contribution in [3.63, 3.8) is 0 Å². The van der Waals surface area contributed by atoms with Crippen LogP contribution in [-0.2, 0) is 11.3 Å². The molecule has 4 rings (SSSR count). The Labute approximate surface area is 165 Å². The van der Waals surface area contributed by atoms with Gasteiger partial charge in [-0.25, -0.2) is 0 Å². The summed E-state index contributed by atoms with van der Waals surface area (Å²) < 4.78 is 0. The number of piperidine rings is 1. The van der Waals surface area contributed by atoms with Gasteiger partial charge in [0, 0.05) is 18.8 Å². The van der Waals surface area contributed by atoms with Gasteiger partial charge in [0.05, 0.1) is 5.02 Å².